The van der Waals surface area contributed by atoms with Gasteiger partial charge in [0.15, 0.2) is 11.5 Å². The Labute approximate surface area is 169 Å². The second kappa shape index (κ2) is 10.3. The third-order valence-corrected chi connectivity index (χ3v) is 4.58. The molecule has 7 heteroatoms. The predicted octanol–water partition coefficient (Wildman–Crippen LogP) is 3.25. The number of Topliss-reactive ketones (excluding diaryl/α,β-unsaturated/α-hetero) is 1. The van der Waals surface area contributed by atoms with E-state index in [0.29, 0.717) is 18.1 Å². The fraction of sp³-hybridized carbons (Fsp3) is 0.318. The molecule has 3 rings (SSSR count). The lowest BCUT2D eigenvalue weighted by atomic mass is 10.1. The zero-order chi connectivity index (χ0) is 20.5. The first-order valence-corrected chi connectivity index (χ1v) is 9.65. The number of nitrogens with one attached hydrogen (secondary N) is 1. The summed E-state index contributed by atoms with van der Waals surface area (Å²) in [5.74, 6) is 0.682. The largest absolute Gasteiger partial charge is 0.491 e. The SMILES string of the molecule is COc1cnc(C(=O)Cn2cc[nH]c2=O)cc1OCCCCCc1ccccc1. The summed E-state index contributed by atoms with van der Waals surface area (Å²) in [5.41, 5.74) is 1.24. The van der Waals surface area contributed by atoms with Gasteiger partial charge in [0.1, 0.15) is 5.69 Å². The first-order chi connectivity index (χ1) is 14.2. The number of aromatic amines is 1. The number of nitrogens with zero attached hydrogens (tertiary/aromatic N) is 2. The second-order valence-electron chi connectivity index (χ2n) is 6.68. The number of ether oxygens (including phenoxy) is 2. The van der Waals surface area contributed by atoms with Crippen LogP contribution in [0.1, 0.15) is 35.3 Å². The number of carbonyl (C=O) groups is 1. The summed E-state index contributed by atoms with van der Waals surface area (Å²) in [6.07, 6.45) is 8.58. The van der Waals surface area contributed by atoms with Gasteiger partial charge in [0.2, 0.25) is 5.78 Å². The van der Waals surface area contributed by atoms with Crippen molar-refractivity contribution in [3.05, 3.63) is 76.7 Å². The minimum atomic E-state index is -0.334. The molecule has 29 heavy (non-hydrogen) atoms. The average Bonchev–Trinajstić information content (AvgIpc) is 3.15. The average molecular weight is 395 g/mol. The van der Waals surface area contributed by atoms with Gasteiger partial charge in [-0.15, -0.1) is 0 Å². The van der Waals surface area contributed by atoms with E-state index in [1.54, 1.807) is 6.07 Å². The third kappa shape index (κ3) is 5.81. The smallest absolute Gasteiger partial charge is 0.325 e. The van der Waals surface area contributed by atoms with Crippen molar-refractivity contribution >= 4 is 5.78 Å². The van der Waals surface area contributed by atoms with E-state index in [1.807, 2.05) is 6.07 Å². The van der Waals surface area contributed by atoms with Crippen molar-refractivity contribution in [2.75, 3.05) is 13.7 Å². The standard InChI is InChI=1S/C22H25N3O4/c1-28-21-15-24-18(19(26)16-25-12-11-23-22(25)27)14-20(21)29-13-7-3-6-10-17-8-4-2-5-9-17/h2,4-5,8-9,11-12,14-15H,3,6-7,10,13,16H2,1H3,(H,23,27). The van der Waals surface area contributed by atoms with Crippen LogP contribution in [0.3, 0.4) is 0 Å². The molecule has 0 radical (unpaired) electrons. The maximum atomic E-state index is 12.4. The fourth-order valence-electron chi connectivity index (χ4n) is 2.99. The van der Waals surface area contributed by atoms with Gasteiger partial charge in [-0.1, -0.05) is 30.3 Å². The molecule has 0 atom stereocenters. The highest BCUT2D eigenvalue weighted by Gasteiger charge is 2.14. The highest BCUT2D eigenvalue weighted by atomic mass is 16.5. The Balaban J connectivity index is 1.51. The van der Waals surface area contributed by atoms with Gasteiger partial charge >= 0.3 is 5.69 Å². The number of rotatable bonds is 11. The van der Waals surface area contributed by atoms with E-state index in [4.69, 9.17) is 9.47 Å². The molecular formula is C22H25N3O4. The highest BCUT2D eigenvalue weighted by Crippen LogP contribution is 2.27. The van der Waals surface area contributed by atoms with Gasteiger partial charge in [-0.2, -0.15) is 0 Å². The fourth-order valence-corrected chi connectivity index (χ4v) is 2.99. The summed E-state index contributed by atoms with van der Waals surface area (Å²) < 4.78 is 12.4. The van der Waals surface area contributed by atoms with E-state index >= 15 is 0 Å². The number of aryl methyl sites for hydroxylation is 1. The van der Waals surface area contributed by atoms with Crippen molar-refractivity contribution in [1.29, 1.82) is 0 Å². The Hall–Kier alpha value is -3.35. The van der Waals surface area contributed by atoms with Crippen LogP contribution in [0.15, 0.2) is 59.8 Å². The van der Waals surface area contributed by atoms with Crippen molar-refractivity contribution in [2.24, 2.45) is 0 Å². The molecule has 2 aromatic heterocycles. The Bertz CT molecular complexity index is 979. The number of carbonyl (C=O) groups excluding carboxylic acids is 1. The number of benzene rings is 1. The topological polar surface area (TPSA) is 86.2 Å². The van der Waals surface area contributed by atoms with Crippen LogP contribution in [-0.4, -0.2) is 34.0 Å². The molecule has 0 bridgehead atoms. The molecule has 0 unspecified atom stereocenters. The molecule has 1 aromatic carbocycles. The van der Waals surface area contributed by atoms with Crippen molar-refractivity contribution in [3.63, 3.8) is 0 Å². The molecule has 152 valence electrons. The number of hydrogen-bond acceptors (Lipinski definition) is 5. The zero-order valence-corrected chi connectivity index (χ0v) is 16.5. The first kappa shape index (κ1) is 20.4. The summed E-state index contributed by atoms with van der Waals surface area (Å²) in [7, 11) is 1.53. The molecule has 0 amide bonds. The van der Waals surface area contributed by atoms with Crippen molar-refractivity contribution < 1.29 is 14.3 Å². The number of aromatic nitrogens is 3. The second-order valence-corrected chi connectivity index (χ2v) is 6.68. The van der Waals surface area contributed by atoms with Gasteiger partial charge in [-0.25, -0.2) is 9.78 Å². The molecule has 1 N–H and O–H groups in total. The molecule has 0 fully saturated rings. The number of methoxy groups -OCH3 is 1. The molecule has 0 aliphatic rings. The van der Waals surface area contributed by atoms with Crippen LogP contribution in [0.5, 0.6) is 11.5 Å². The zero-order valence-electron chi connectivity index (χ0n) is 16.5. The van der Waals surface area contributed by atoms with Gasteiger partial charge < -0.3 is 14.5 Å². The van der Waals surface area contributed by atoms with Gasteiger partial charge in [0.05, 0.1) is 26.5 Å². The Morgan fingerprint density at radius 3 is 2.69 bits per heavy atom. The summed E-state index contributed by atoms with van der Waals surface area (Å²) in [6.45, 7) is 0.445. The molecule has 3 aromatic rings. The maximum Gasteiger partial charge on any atom is 0.325 e. The van der Waals surface area contributed by atoms with Crippen LogP contribution in [0.2, 0.25) is 0 Å². The molecule has 2 heterocycles. The maximum absolute atomic E-state index is 12.4. The minimum absolute atomic E-state index is 0.0827. The number of H-pyrrole nitrogens is 1. The number of imidazole rings is 1. The van der Waals surface area contributed by atoms with Gasteiger partial charge in [0, 0.05) is 18.5 Å². The summed E-state index contributed by atoms with van der Waals surface area (Å²) >= 11 is 0. The molecule has 0 saturated heterocycles. The van der Waals surface area contributed by atoms with Crippen LogP contribution >= 0.6 is 0 Å². The predicted molar refractivity (Wildman–Crippen MR) is 110 cm³/mol. The van der Waals surface area contributed by atoms with Gasteiger partial charge in [-0.05, 0) is 31.2 Å². The molecule has 0 spiro atoms. The lowest BCUT2D eigenvalue weighted by molar-refractivity contribution is 0.0965. The van der Waals surface area contributed by atoms with Gasteiger partial charge in [0.25, 0.3) is 0 Å². The number of hydrogen-bond donors (Lipinski definition) is 1. The Morgan fingerprint density at radius 1 is 1.14 bits per heavy atom. The van der Waals surface area contributed by atoms with E-state index in [9.17, 15) is 9.59 Å². The molecule has 7 nitrogen and oxygen atoms in total. The van der Waals surface area contributed by atoms with Crippen molar-refractivity contribution in [1.82, 2.24) is 14.5 Å². The third-order valence-electron chi connectivity index (χ3n) is 4.58. The van der Waals surface area contributed by atoms with E-state index < -0.39 is 0 Å². The monoisotopic (exact) mass is 395 g/mol. The van der Waals surface area contributed by atoms with Crippen molar-refractivity contribution in [3.8, 4) is 11.5 Å². The van der Waals surface area contributed by atoms with Crippen LogP contribution in [0.25, 0.3) is 0 Å². The van der Waals surface area contributed by atoms with Crippen molar-refractivity contribution in [2.45, 2.75) is 32.2 Å². The van der Waals surface area contributed by atoms with E-state index in [1.165, 1.54) is 35.8 Å². The summed E-state index contributed by atoms with van der Waals surface area (Å²) in [4.78, 5) is 30.6. The number of ketones is 1. The first-order valence-electron chi connectivity index (χ1n) is 9.65. The summed E-state index contributed by atoms with van der Waals surface area (Å²) in [6, 6.07) is 12.0. The Kier molecular flexibility index (Phi) is 7.22. The minimum Gasteiger partial charge on any atom is -0.491 e. The molecule has 0 saturated carbocycles. The highest BCUT2D eigenvalue weighted by molar-refractivity contribution is 5.94. The van der Waals surface area contributed by atoms with Crippen LogP contribution in [0.4, 0.5) is 0 Å². The van der Waals surface area contributed by atoms with E-state index in [-0.39, 0.29) is 23.7 Å². The van der Waals surface area contributed by atoms with Crippen LogP contribution in [-0.2, 0) is 13.0 Å². The molecule has 0 aliphatic heterocycles. The van der Waals surface area contributed by atoms with E-state index in [0.717, 1.165) is 25.7 Å². The van der Waals surface area contributed by atoms with E-state index in [2.05, 4.69) is 34.2 Å². The van der Waals surface area contributed by atoms with Gasteiger partial charge in [-0.3, -0.25) is 9.36 Å². The number of unbranched alkanes of at least 4 members (excludes halogenated alkanes) is 2. The Morgan fingerprint density at radius 2 is 1.97 bits per heavy atom. The molecule has 0 aliphatic carbocycles. The quantitative estimate of drug-likeness (QED) is 0.398. The van der Waals surface area contributed by atoms with Crippen LogP contribution < -0.4 is 15.2 Å². The summed E-state index contributed by atoms with van der Waals surface area (Å²) in [5, 5.41) is 0. The lowest BCUT2D eigenvalue weighted by Gasteiger charge is -2.11. The normalized spacial score (nSPS) is 10.7. The van der Waals surface area contributed by atoms with Crippen LogP contribution in [0, 0.1) is 0 Å². The number of pyridine rings is 1. The molecular weight excluding hydrogens is 370 g/mol. The lowest BCUT2D eigenvalue weighted by Crippen LogP contribution is -2.21.